The summed E-state index contributed by atoms with van der Waals surface area (Å²) in [5, 5.41) is 8.22. The Labute approximate surface area is 58.8 Å². The quantitative estimate of drug-likeness (QED) is 0.480. The fraction of sp³-hybridized carbons (Fsp3) is 0.750. The van der Waals surface area contributed by atoms with Gasteiger partial charge in [-0.15, -0.1) is 11.8 Å². The highest BCUT2D eigenvalue weighted by Gasteiger charge is 2.27. The maximum atomic E-state index is 10.3. The van der Waals surface area contributed by atoms with E-state index in [1.54, 1.807) is 0 Å². The van der Waals surface area contributed by atoms with Gasteiger partial charge in [0.2, 0.25) is 0 Å². The molecule has 0 saturated carbocycles. The Bertz CT molecular complexity index is 132. The van der Waals surface area contributed by atoms with Crippen molar-refractivity contribution in [2.75, 3.05) is 12.3 Å². The van der Waals surface area contributed by atoms with Crippen molar-refractivity contribution in [3.8, 4) is 0 Å². The Morgan fingerprint density at radius 2 is 2.56 bits per heavy atom. The van der Waals surface area contributed by atoms with E-state index in [1.807, 2.05) is 12.8 Å². The second-order valence-electron chi connectivity index (χ2n) is 2.04. The average molecular weight is 145 g/mol. The van der Waals surface area contributed by atoms with E-state index in [9.17, 15) is 4.79 Å². The summed E-state index contributed by atoms with van der Waals surface area (Å²) in [5.74, 6) is 0.216. The summed E-state index contributed by atoms with van der Waals surface area (Å²) in [6.07, 6.45) is 0. The van der Waals surface area contributed by atoms with Gasteiger partial charge in [0.25, 0.3) is 0 Å². The monoisotopic (exact) mass is 145 g/mol. The van der Waals surface area contributed by atoms with Crippen molar-refractivity contribution < 1.29 is 9.90 Å². The lowest BCUT2D eigenvalue weighted by atomic mass is 10.3. The lowest BCUT2D eigenvalue weighted by Crippen LogP contribution is -2.31. The van der Waals surface area contributed by atoms with Crippen molar-refractivity contribution in [1.29, 1.82) is 0 Å². The molecule has 0 bridgehead atoms. The molecule has 0 aromatic heterocycles. The minimum atomic E-state index is -0.722. The molecule has 0 spiro atoms. The van der Waals surface area contributed by atoms with Gasteiger partial charge in [-0.25, -0.2) is 4.79 Å². The summed E-state index contributed by atoms with van der Waals surface area (Å²) in [4.78, 5) is 12.2. The van der Waals surface area contributed by atoms with Gasteiger partial charge in [0, 0.05) is 5.75 Å². The molecule has 0 amide bonds. The minimum Gasteiger partial charge on any atom is -0.479 e. The lowest BCUT2D eigenvalue weighted by Gasteiger charge is -2.12. The number of carbonyl (C=O) groups is 1. The number of nitrogens with zero attached hydrogens (tertiary/aromatic N) is 1. The first kappa shape index (κ1) is 6.96. The molecular formula is C4H8BNO2S. The molecule has 1 aliphatic heterocycles. The van der Waals surface area contributed by atoms with E-state index in [4.69, 9.17) is 5.11 Å². The first-order chi connectivity index (χ1) is 4.22. The molecule has 3 nitrogen and oxygen atoms in total. The van der Waals surface area contributed by atoms with Gasteiger partial charge in [-0.3, -0.25) is 0 Å². The molecule has 5 heteroatoms. The normalized spacial score (nSPS) is 28.7. The Balaban J connectivity index is 2.49. The molecule has 0 aromatic rings. The third-order valence-corrected chi connectivity index (χ3v) is 2.63. The fourth-order valence-corrected chi connectivity index (χ4v) is 1.93. The molecule has 1 heterocycles. The number of rotatable bonds is 1. The van der Waals surface area contributed by atoms with Gasteiger partial charge in [0.15, 0.2) is 7.98 Å². The maximum absolute atomic E-state index is 10.3. The summed E-state index contributed by atoms with van der Waals surface area (Å²) in [5.41, 5.74) is 0. The summed E-state index contributed by atoms with van der Waals surface area (Å²) < 4.78 is 0. The molecule has 0 aromatic carbocycles. The van der Waals surface area contributed by atoms with E-state index in [0.29, 0.717) is 0 Å². The molecular weight excluding hydrogens is 137 g/mol. The van der Waals surface area contributed by atoms with Gasteiger partial charge in [-0.1, -0.05) is 0 Å². The highest BCUT2D eigenvalue weighted by atomic mass is 32.2. The van der Waals surface area contributed by atoms with Crippen LogP contribution in [0.5, 0.6) is 0 Å². The number of hydrogen-bond acceptors (Lipinski definition) is 3. The second-order valence-corrected chi connectivity index (χ2v) is 3.23. The van der Waals surface area contributed by atoms with Crippen LogP contribution < -0.4 is 0 Å². The zero-order valence-electron chi connectivity index (χ0n) is 5.20. The van der Waals surface area contributed by atoms with Crippen molar-refractivity contribution in [1.82, 2.24) is 4.81 Å². The van der Waals surface area contributed by atoms with Gasteiger partial charge < -0.3 is 9.92 Å². The van der Waals surface area contributed by atoms with Gasteiger partial charge in [0.1, 0.15) is 5.37 Å². The lowest BCUT2D eigenvalue weighted by molar-refractivity contribution is -0.138. The van der Waals surface area contributed by atoms with Crippen LogP contribution in [0.4, 0.5) is 0 Å². The van der Waals surface area contributed by atoms with Crippen molar-refractivity contribution in [2.45, 2.75) is 5.37 Å². The second kappa shape index (κ2) is 2.62. The number of carboxylic acids is 1. The van der Waals surface area contributed by atoms with E-state index in [0.717, 1.165) is 12.3 Å². The topological polar surface area (TPSA) is 40.5 Å². The van der Waals surface area contributed by atoms with E-state index >= 15 is 0 Å². The van der Waals surface area contributed by atoms with Crippen LogP contribution in [0.15, 0.2) is 0 Å². The highest BCUT2D eigenvalue weighted by molar-refractivity contribution is 8.00. The van der Waals surface area contributed by atoms with Crippen LogP contribution in [0.2, 0.25) is 0 Å². The third kappa shape index (κ3) is 1.40. The smallest absolute Gasteiger partial charge is 0.330 e. The van der Waals surface area contributed by atoms with Crippen molar-refractivity contribution in [3.63, 3.8) is 0 Å². The largest absolute Gasteiger partial charge is 0.479 e. The van der Waals surface area contributed by atoms with Crippen LogP contribution in [0.3, 0.4) is 0 Å². The molecule has 0 radical (unpaired) electrons. The van der Waals surface area contributed by atoms with E-state index in [-0.39, 0.29) is 5.37 Å². The SMILES string of the molecule is BN1CCS[C@H]1C(=O)O. The number of aliphatic carboxylic acids is 1. The predicted molar refractivity (Wildman–Crippen MR) is 39.1 cm³/mol. The van der Waals surface area contributed by atoms with Crippen LogP contribution in [-0.2, 0) is 4.79 Å². The number of hydrogen-bond donors (Lipinski definition) is 1. The van der Waals surface area contributed by atoms with E-state index < -0.39 is 5.97 Å². The van der Waals surface area contributed by atoms with Gasteiger partial charge in [0.05, 0.1) is 0 Å². The van der Waals surface area contributed by atoms with Crippen LogP contribution in [0, 0.1) is 0 Å². The molecule has 1 N–H and O–H groups in total. The van der Waals surface area contributed by atoms with Crippen molar-refractivity contribution in [3.05, 3.63) is 0 Å². The minimum absolute atomic E-state index is 0.301. The Kier molecular flexibility index (Phi) is 2.03. The molecule has 1 rings (SSSR count). The van der Waals surface area contributed by atoms with Gasteiger partial charge in [-0.2, -0.15) is 0 Å². The van der Waals surface area contributed by atoms with Crippen molar-refractivity contribution >= 4 is 25.7 Å². The van der Waals surface area contributed by atoms with Crippen LogP contribution >= 0.6 is 11.8 Å². The van der Waals surface area contributed by atoms with E-state index in [1.165, 1.54) is 11.8 Å². The fourth-order valence-electron chi connectivity index (χ4n) is 0.813. The summed E-state index contributed by atoms with van der Waals surface area (Å²) in [6, 6.07) is 0. The first-order valence-corrected chi connectivity index (χ1v) is 3.81. The molecule has 0 aliphatic carbocycles. The van der Waals surface area contributed by atoms with Crippen LogP contribution in [-0.4, -0.2) is 41.5 Å². The maximum Gasteiger partial charge on any atom is 0.330 e. The zero-order valence-corrected chi connectivity index (χ0v) is 6.02. The Morgan fingerprint density at radius 1 is 1.89 bits per heavy atom. The van der Waals surface area contributed by atoms with Gasteiger partial charge in [-0.05, 0) is 6.54 Å². The summed E-state index contributed by atoms with van der Waals surface area (Å²) >= 11 is 1.48. The highest BCUT2D eigenvalue weighted by Crippen LogP contribution is 2.20. The zero-order chi connectivity index (χ0) is 6.85. The summed E-state index contributed by atoms with van der Waals surface area (Å²) in [7, 11) is 1.83. The molecule has 50 valence electrons. The molecule has 1 atom stereocenters. The number of carboxylic acid groups (broad SMARTS) is 1. The predicted octanol–water partition coefficient (Wildman–Crippen LogP) is -1.01. The Morgan fingerprint density at radius 3 is 2.78 bits per heavy atom. The van der Waals surface area contributed by atoms with Crippen molar-refractivity contribution in [2.24, 2.45) is 0 Å². The molecule has 1 aliphatic rings. The molecule has 9 heavy (non-hydrogen) atoms. The van der Waals surface area contributed by atoms with E-state index in [2.05, 4.69) is 0 Å². The Hall–Kier alpha value is -0.155. The standard InChI is InChI=1S/C4H8BNO2S/c5-6-1-2-9-3(6)4(7)8/h3H,1-2,5H2,(H,7,8)/t3-/m0/s1. The van der Waals surface area contributed by atoms with Gasteiger partial charge >= 0.3 is 5.97 Å². The average Bonchev–Trinajstić information content (AvgIpc) is 2.13. The first-order valence-electron chi connectivity index (χ1n) is 2.76. The molecule has 1 saturated heterocycles. The van der Waals surface area contributed by atoms with Crippen LogP contribution in [0.25, 0.3) is 0 Å². The number of thioether (sulfide) groups is 1. The molecule has 0 unspecified atom stereocenters. The summed E-state index contributed by atoms with van der Waals surface area (Å²) in [6.45, 7) is 0.891. The van der Waals surface area contributed by atoms with Crippen LogP contribution in [0.1, 0.15) is 0 Å². The molecule has 1 fully saturated rings. The third-order valence-electron chi connectivity index (χ3n) is 1.33.